The van der Waals surface area contributed by atoms with E-state index in [1.165, 1.54) is 0 Å². The van der Waals surface area contributed by atoms with Gasteiger partial charge < -0.3 is 9.15 Å². The van der Waals surface area contributed by atoms with E-state index in [2.05, 4.69) is 15.8 Å². The van der Waals surface area contributed by atoms with E-state index in [-0.39, 0.29) is 12.3 Å². The molecule has 0 saturated heterocycles. The standard InChI is InChI=1S/C21H21N3O4/c1-2-27-17-10-8-16(9-11-17)21(26)24-23-19(25)12-13-20-22-14-18(28-20)15-6-4-3-5-7-15/h3-11,14H,2,12-13H2,1H3,(H,23,25)(H,24,26). The second-order valence-corrected chi connectivity index (χ2v) is 5.94. The van der Waals surface area contributed by atoms with Gasteiger partial charge in [0, 0.05) is 24.0 Å². The molecule has 7 heteroatoms. The maximum absolute atomic E-state index is 12.1. The van der Waals surface area contributed by atoms with E-state index < -0.39 is 5.91 Å². The van der Waals surface area contributed by atoms with E-state index in [0.29, 0.717) is 36.0 Å². The summed E-state index contributed by atoms with van der Waals surface area (Å²) in [4.78, 5) is 28.2. The van der Waals surface area contributed by atoms with Crippen LogP contribution in [0, 0.1) is 0 Å². The van der Waals surface area contributed by atoms with Crippen molar-refractivity contribution in [3.05, 3.63) is 72.2 Å². The molecule has 0 aliphatic carbocycles. The third-order valence-corrected chi connectivity index (χ3v) is 3.92. The monoisotopic (exact) mass is 379 g/mol. The van der Waals surface area contributed by atoms with Crippen molar-refractivity contribution in [2.75, 3.05) is 6.61 Å². The van der Waals surface area contributed by atoms with Gasteiger partial charge in [-0.3, -0.25) is 20.4 Å². The van der Waals surface area contributed by atoms with Crippen molar-refractivity contribution < 1.29 is 18.7 Å². The smallest absolute Gasteiger partial charge is 0.269 e. The van der Waals surface area contributed by atoms with Crippen LogP contribution in [0.1, 0.15) is 29.6 Å². The summed E-state index contributed by atoms with van der Waals surface area (Å²) in [6.07, 6.45) is 2.10. The molecule has 28 heavy (non-hydrogen) atoms. The second-order valence-electron chi connectivity index (χ2n) is 5.94. The fraction of sp³-hybridized carbons (Fsp3) is 0.190. The van der Waals surface area contributed by atoms with Gasteiger partial charge in [0.25, 0.3) is 5.91 Å². The lowest BCUT2D eigenvalue weighted by atomic mass is 10.2. The normalized spacial score (nSPS) is 10.3. The van der Waals surface area contributed by atoms with Crippen molar-refractivity contribution in [2.24, 2.45) is 0 Å². The van der Waals surface area contributed by atoms with Crippen LogP contribution in [0.5, 0.6) is 5.75 Å². The van der Waals surface area contributed by atoms with Crippen molar-refractivity contribution in [2.45, 2.75) is 19.8 Å². The summed E-state index contributed by atoms with van der Waals surface area (Å²) < 4.78 is 11.0. The fourth-order valence-electron chi connectivity index (χ4n) is 2.51. The molecule has 2 amide bonds. The molecule has 0 aliphatic rings. The topological polar surface area (TPSA) is 93.5 Å². The van der Waals surface area contributed by atoms with Gasteiger partial charge in [0.1, 0.15) is 5.75 Å². The average molecular weight is 379 g/mol. The Labute approximate surface area is 162 Å². The van der Waals surface area contributed by atoms with Crippen molar-refractivity contribution in [1.29, 1.82) is 0 Å². The number of carbonyl (C=O) groups excluding carboxylic acids is 2. The van der Waals surface area contributed by atoms with Crippen molar-refractivity contribution >= 4 is 11.8 Å². The van der Waals surface area contributed by atoms with Gasteiger partial charge in [-0.15, -0.1) is 0 Å². The fourth-order valence-corrected chi connectivity index (χ4v) is 2.51. The Kier molecular flexibility index (Phi) is 6.41. The van der Waals surface area contributed by atoms with E-state index in [9.17, 15) is 9.59 Å². The summed E-state index contributed by atoms with van der Waals surface area (Å²) in [5.41, 5.74) is 6.12. The van der Waals surface area contributed by atoms with Gasteiger partial charge in [-0.2, -0.15) is 0 Å². The predicted octanol–water partition coefficient (Wildman–Crippen LogP) is 3.13. The van der Waals surface area contributed by atoms with Crippen LogP contribution in [-0.4, -0.2) is 23.4 Å². The van der Waals surface area contributed by atoms with Gasteiger partial charge in [0.15, 0.2) is 11.7 Å². The molecule has 2 aromatic carbocycles. The summed E-state index contributed by atoms with van der Waals surface area (Å²) in [6.45, 7) is 2.44. The quantitative estimate of drug-likeness (QED) is 0.615. The van der Waals surface area contributed by atoms with Crippen molar-refractivity contribution in [1.82, 2.24) is 15.8 Å². The van der Waals surface area contributed by atoms with E-state index in [1.807, 2.05) is 37.3 Å². The highest BCUT2D eigenvalue weighted by Gasteiger charge is 2.10. The molecule has 0 bridgehead atoms. The van der Waals surface area contributed by atoms with Gasteiger partial charge >= 0.3 is 0 Å². The SMILES string of the molecule is CCOc1ccc(C(=O)NNC(=O)CCc2ncc(-c3ccccc3)o2)cc1. The molecule has 0 saturated carbocycles. The number of hydrogen-bond acceptors (Lipinski definition) is 5. The number of amides is 2. The van der Waals surface area contributed by atoms with Crippen LogP contribution in [-0.2, 0) is 11.2 Å². The Bertz CT molecular complexity index is 920. The highest BCUT2D eigenvalue weighted by molar-refractivity contribution is 5.95. The molecule has 0 fully saturated rings. The number of benzene rings is 2. The molecule has 0 unspecified atom stereocenters. The number of hydrogen-bond donors (Lipinski definition) is 2. The molecule has 0 radical (unpaired) electrons. The number of rotatable bonds is 7. The number of nitrogens with one attached hydrogen (secondary N) is 2. The van der Waals surface area contributed by atoms with Crippen molar-refractivity contribution in [3.8, 4) is 17.1 Å². The van der Waals surface area contributed by atoms with Crippen LogP contribution in [0.3, 0.4) is 0 Å². The first-order valence-electron chi connectivity index (χ1n) is 8.98. The molecular formula is C21H21N3O4. The Hall–Kier alpha value is -3.61. The first kappa shape index (κ1) is 19.2. The number of carbonyl (C=O) groups is 2. The molecule has 0 atom stereocenters. The summed E-state index contributed by atoms with van der Waals surface area (Å²) in [6, 6.07) is 16.3. The molecule has 7 nitrogen and oxygen atoms in total. The first-order valence-corrected chi connectivity index (χ1v) is 8.98. The molecular weight excluding hydrogens is 358 g/mol. The first-order chi connectivity index (χ1) is 13.7. The lowest BCUT2D eigenvalue weighted by Crippen LogP contribution is -2.41. The predicted molar refractivity (Wildman–Crippen MR) is 103 cm³/mol. The van der Waals surface area contributed by atoms with Gasteiger partial charge in [0.2, 0.25) is 5.91 Å². The van der Waals surface area contributed by atoms with Crippen LogP contribution in [0.25, 0.3) is 11.3 Å². The van der Waals surface area contributed by atoms with Crippen LogP contribution in [0.15, 0.2) is 65.2 Å². The van der Waals surface area contributed by atoms with Gasteiger partial charge in [-0.1, -0.05) is 30.3 Å². The van der Waals surface area contributed by atoms with Crippen LogP contribution < -0.4 is 15.6 Å². The number of nitrogens with zero attached hydrogens (tertiary/aromatic N) is 1. The Balaban J connectivity index is 1.44. The average Bonchev–Trinajstić information content (AvgIpc) is 3.21. The van der Waals surface area contributed by atoms with E-state index >= 15 is 0 Å². The largest absolute Gasteiger partial charge is 0.494 e. The molecule has 0 aliphatic heterocycles. The highest BCUT2D eigenvalue weighted by atomic mass is 16.5. The molecule has 2 N–H and O–H groups in total. The number of hydrazine groups is 1. The zero-order valence-electron chi connectivity index (χ0n) is 15.5. The maximum Gasteiger partial charge on any atom is 0.269 e. The molecule has 1 aromatic heterocycles. The van der Waals surface area contributed by atoms with Crippen LogP contribution in [0.2, 0.25) is 0 Å². The van der Waals surface area contributed by atoms with E-state index in [4.69, 9.17) is 9.15 Å². The van der Waals surface area contributed by atoms with Crippen molar-refractivity contribution in [3.63, 3.8) is 0 Å². The van der Waals surface area contributed by atoms with Crippen LogP contribution in [0.4, 0.5) is 0 Å². The third kappa shape index (κ3) is 5.20. The Morgan fingerprint density at radius 2 is 1.79 bits per heavy atom. The van der Waals surface area contributed by atoms with E-state index in [1.54, 1.807) is 30.5 Å². The number of ether oxygens (including phenoxy) is 1. The highest BCUT2D eigenvalue weighted by Crippen LogP contribution is 2.20. The Morgan fingerprint density at radius 1 is 1.04 bits per heavy atom. The third-order valence-electron chi connectivity index (χ3n) is 3.92. The minimum absolute atomic E-state index is 0.137. The zero-order valence-corrected chi connectivity index (χ0v) is 15.5. The van der Waals surface area contributed by atoms with Crippen LogP contribution >= 0.6 is 0 Å². The van der Waals surface area contributed by atoms with Gasteiger partial charge in [-0.25, -0.2) is 4.98 Å². The lowest BCUT2D eigenvalue weighted by Gasteiger charge is -2.08. The summed E-state index contributed by atoms with van der Waals surface area (Å²) in [7, 11) is 0. The molecule has 3 rings (SSSR count). The minimum Gasteiger partial charge on any atom is -0.494 e. The van der Waals surface area contributed by atoms with Gasteiger partial charge in [0.05, 0.1) is 12.8 Å². The van der Waals surface area contributed by atoms with Gasteiger partial charge in [-0.05, 0) is 31.2 Å². The lowest BCUT2D eigenvalue weighted by molar-refractivity contribution is -0.121. The number of aromatic nitrogens is 1. The minimum atomic E-state index is -0.404. The summed E-state index contributed by atoms with van der Waals surface area (Å²) in [5.74, 6) is 1.06. The maximum atomic E-state index is 12.1. The second kappa shape index (κ2) is 9.36. The molecule has 1 heterocycles. The number of oxazole rings is 1. The molecule has 3 aromatic rings. The zero-order chi connectivity index (χ0) is 19.8. The molecule has 0 spiro atoms. The summed E-state index contributed by atoms with van der Waals surface area (Å²) in [5, 5.41) is 0. The van der Waals surface area contributed by atoms with E-state index in [0.717, 1.165) is 5.56 Å². The summed E-state index contributed by atoms with van der Waals surface area (Å²) >= 11 is 0. The number of aryl methyl sites for hydroxylation is 1. The Morgan fingerprint density at radius 3 is 2.50 bits per heavy atom. The molecule has 144 valence electrons.